The molecule has 0 aliphatic rings. The average Bonchev–Trinajstić information content (AvgIpc) is 2.65. The lowest BCUT2D eigenvalue weighted by molar-refractivity contribution is -0.384. The molecule has 0 bridgehead atoms. The van der Waals surface area contributed by atoms with Crippen molar-refractivity contribution < 1.29 is 24.0 Å². The Bertz CT molecular complexity index is 918. The summed E-state index contributed by atoms with van der Waals surface area (Å²) in [5.74, 6) is -0.717. The van der Waals surface area contributed by atoms with Crippen LogP contribution < -0.4 is 10.1 Å². The normalized spacial score (nSPS) is 10.9. The predicted octanol–water partition coefficient (Wildman–Crippen LogP) is 3.76. The number of non-ortho nitro benzene ring substituents is 1. The standard InChI is InChI=1S/C21H24N2O6/c1-14-9-10-15(23(26)27)11-17(14)22-19(24)12-29-20(25)13-28-18-8-6-5-7-16(18)21(2,3)4/h5-11H,12-13H2,1-4H3,(H,22,24). The van der Waals surface area contributed by atoms with Gasteiger partial charge in [0.25, 0.3) is 11.6 Å². The van der Waals surface area contributed by atoms with E-state index in [2.05, 4.69) is 5.32 Å². The molecule has 0 aliphatic heterocycles. The molecule has 8 nitrogen and oxygen atoms in total. The van der Waals surface area contributed by atoms with Crippen LogP contribution in [-0.4, -0.2) is 30.0 Å². The molecule has 0 atom stereocenters. The zero-order valence-electron chi connectivity index (χ0n) is 16.9. The molecule has 2 rings (SSSR count). The highest BCUT2D eigenvalue weighted by Crippen LogP contribution is 2.30. The molecule has 2 aromatic carbocycles. The van der Waals surface area contributed by atoms with Crippen molar-refractivity contribution in [2.75, 3.05) is 18.5 Å². The number of amides is 1. The number of para-hydroxylation sites is 1. The highest BCUT2D eigenvalue weighted by atomic mass is 16.6. The summed E-state index contributed by atoms with van der Waals surface area (Å²) < 4.78 is 10.5. The van der Waals surface area contributed by atoms with E-state index in [9.17, 15) is 19.7 Å². The van der Waals surface area contributed by atoms with Crippen LogP contribution >= 0.6 is 0 Å². The molecule has 0 saturated heterocycles. The van der Waals surface area contributed by atoms with E-state index in [0.717, 1.165) is 5.56 Å². The number of esters is 1. The van der Waals surface area contributed by atoms with E-state index in [1.54, 1.807) is 13.0 Å². The third-order valence-electron chi connectivity index (χ3n) is 4.11. The van der Waals surface area contributed by atoms with Gasteiger partial charge < -0.3 is 14.8 Å². The van der Waals surface area contributed by atoms with Crippen LogP contribution in [0.1, 0.15) is 31.9 Å². The zero-order valence-corrected chi connectivity index (χ0v) is 16.9. The molecule has 0 spiro atoms. The topological polar surface area (TPSA) is 108 Å². The first-order valence-electron chi connectivity index (χ1n) is 9.01. The van der Waals surface area contributed by atoms with Gasteiger partial charge in [0.05, 0.1) is 10.6 Å². The van der Waals surface area contributed by atoms with E-state index in [1.807, 2.05) is 39.0 Å². The minimum absolute atomic E-state index is 0.145. The van der Waals surface area contributed by atoms with E-state index >= 15 is 0 Å². The lowest BCUT2D eigenvalue weighted by Gasteiger charge is -2.22. The highest BCUT2D eigenvalue weighted by molar-refractivity contribution is 5.93. The van der Waals surface area contributed by atoms with E-state index in [-0.39, 0.29) is 23.4 Å². The summed E-state index contributed by atoms with van der Waals surface area (Å²) >= 11 is 0. The van der Waals surface area contributed by atoms with Crippen molar-refractivity contribution in [3.8, 4) is 5.75 Å². The van der Waals surface area contributed by atoms with Gasteiger partial charge in [0.15, 0.2) is 13.2 Å². The van der Waals surface area contributed by atoms with Crippen LogP contribution in [0.25, 0.3) is 0 Å². The minimum atomic E-state index is -0.695. The molecule has 0 aliphatic carbocycles. The van der Waals surface area contributed by atoms with Crippen LogP contribution in [0.5, 0.6) is 5.75 Å². The number of benzene rings is 2. The van der Waals surface area contributed by atoms with Crippen molar-refractivity contribution in [2.24, 2.45) is 0 Å². The summed E-state index contributed by atoms with van der Waals surface area (Å²) in [5, 5.41) is 13.4. The lowest BCUT2D eigenvalue weighted by Crippen LogP contribution is -2.24. The first kappa shape index (κ1) is 21.9. The lowest BCUT2D eigenvalue weighted by atomic mass is 9.86. The molecule has 154 valence electrons. The van der Waals surface area contributed by atoms with E-state index in [4.69, 9.17) is 9.47 Å². The number of nitrogens with one attached hydrogen (secondary N) is 1. The van der Waals surface area contributed by atoms with Gasteiger partial charge in [0.1, 0.15) is 5.75 Å². The van der Waals surface area contributed by atoms with E-state index < -0.39 is 23.4 Å². The van der Waals surface area contributed by atoms with Crippen LogP contribution in [0.3, 0.4) is 0 Å². The van der Waals surface area contributed by atoms with E-state index in [0.29, 0.717) is 11.3 Å². The Morgan fingerprint density at radius 3 is 2.45 bits per heavy atom. The molecule has 2 aromatic rings. The van der Waals surface area contributed by atoms with Crippen LogP contribution in [-0.2, 0) is 19.7 Å². The molecule has 8 heteroatoms. The second-order valence-corrected chi connectivity index (χ2v) is 7.50. The summed E-state index contributed by atoms with van der Waals surface area (Å²) in [6, 6.07) is 11.5. The summed E-state index contributed by atoms with van der Waals surface area (Å²) in [6.45, 7) is 6.95. The fraction of sp³-hybridized carbons (Fsp3) is 0.333. The number of carbonyl (C=O) groups is 2. The summed E-state index contributed by atoms with van der Waals surface area (Å²) in [4.78, 5) is 34.2. The molecular weight excluding hydrogens is 376 g/mol. The number of hydrogen-bond acceptors (Lipinski definition) is 6. The molecule has 29 heavy (non-hydrogen) atoms. The second-order valence-electron chi connectivity index (χ2n) is 7.50. The maximum Gasteiger partial charge on any atom is 0.344 e. The van der Waals surface area contributed by atoms with Crippen molar-refractivity contribution in [2.45, 2.75) is 33.1 Å². The Balaban J connectivity index is 1.88. The quantitative estimate of drug-likeness (QED) is 0.431. The summed E-state index contributed by atoms with van der Waals surface area (Å²) in [6.07, 6.45) is 0. The van der Waals surface area contributed by atoms with Gasteiger partial charge in [-0.2, -0.15) is 0 Å². The first-order valence-corrected chi connectivity index (χ1v) is 9.01. The smallest absolute Gasteiger partial charge is 0.344 e. The van der Waals surface area contributed by atoms with Crippen molar-refractivity contribution >= 4 is 23.3 Å². The van der Waals surface area contributed by atoms with Crippen LogP contribution in [0.2, 0.25) is 0 Å². The zero-order chi connectivity index (χ0) is 21.6. The van der Waals surface area contributed by atoms with Gasteiger partial charge in [0.2, 0.25) is 0 Å². The fourth-order valence-corrected chi connectivity index (χ4v) is 2.58. The van der Waals surface area contributed by atoms with Crippen molar-refractivity contribution in [1.82, 2.24) is 0 Å². The Morgan fingerprint density at radius 2 is 1.79 bits per heavy atom. The third kappa shape index (κ3) is 6.31. The third-order valence-corrected chi connectivity index (χ3v) is 4.11. The average molecular weight is 400 g/mol. The largest absolute Gasteiger partial charge is 0.482 e. The number of ether oxygens (including phenoxy) is 2. The molecule has 0 saturated carbocycles. The van der Waals surface area contributed by atoms with Gasteiger partial charge in [-0.1, -0.05) is 45.0 Å². The summed E-state index contributed by atoms with van der Waals surface area (Å²) in [7, 11) is 0. The predicted molar refractivity (Wildman–Crippen MR) is 108 cm³/mol. The Kier molecular flexibility index (Phi) is 6.93. The number of rotatable bonds is 7. The minimum Gasteiger partial charge on any atom is -0.482 e. The van der Waals surface area contributed by atoms with Crippen molar-refractivity contribution in [3.05, 3.63) is 63.7 Å². The van der Waals surface area contributed by atoms with Crippen molar-refractivity contribution in [1.29, 1.82) is 0 Å². The number of nitro groups is 1. The van der Waals surface area contributed by atoms with Gasteiger partial charge in [-0.3, -0.25) is 14.9 Å². The molecule has 0 fully saturated rings. The number of hydrogen-bond donors (Lipinski definition) is 1. The van der Waals surface area contributed by atoms with E-state index in [1.165, 1.54) is 18.2 Å². The SMILES string of the molecule is Cc1ccc([N+](=O)[O-])cc1NC(=O)COC(=O)COc1ccccc1C(C)(C)C. The number of nitrogens with zero attached hydrogens (tertiary/aromatic N) is 1. The maximum atomic E-state index is 12.0. The number of anilines is 1. The van der Waals surface area contributed by atoms with Crippen LogP contribution in [0.4, 0.5) is 11.4 Å². The number of carbonyl (C=O) groups excluding carboxylic acids is 2. The van der Waals surface area contributed by atoms with Crippen molar-refractivity contribution in [3.63, 3.8) is 0 Å². The molecule has 0 radical (unpaired) electrons. The summed E-state index contributed by atoms with van der Waals surface area (Å²) in [5.41, 5.74) is 1.59. The van der Waals surface area contributed by atoms with Gasteiger partial charge in [-0.15, -0.1) is 0 Å². The first-order chi connectivity index (χ1) is 13.6. The molecule has 0 aromatic heterocycles. The Hall–Kier alpha value is -3.42. The molecular formula is C21H24N2O6. The highest BCUT2D eigenvalue weighted by Gasteiger charge is 2.19. The maximum absolute atomic E-state index is 12.0. The van der Waals surface area contributed by atoms with Gasteiger partial charge in [0, 0.05) is 12.1 Å². The monoisotopic (exact) mass is 400 g/mol. The van der Waals surface area contributed by atoms with Gasteiger partial charge in [-0.25, -0.2) is 4.79 Å². The van der Waals surface area contributed by atoms with Crippen LogP contribution in [0.15, 0.2) is 42.5 Å². The fourth-order valence-electron chi connectivity index (χ4n) is 2.58. The van der Waals surface area contributed by atoms with Crippen LogP contribution in [0, 0.1) is 17.0 Å². The molecule has 0 heterocycles. The Labute approximate surface area is 169 Å². The number of aryl methyl sites for hydroxylation is 1. The second kappa shape index (κ2) is 9.18. The molecule has 0 unspecified atom stereocenters. The number of nitro benzene ring substituents is 1. The Morgan fingerprint density at radius 1 is 1.10 bits per heavy atom. The molecule has 1 amide bonds. The molecule has 1 N–H and O–H groups in total. The van der Waals surface area contributed by atoms with Gasteiger partial charge >= 0.3 is 5.97 Å². The van der Waals surface area contributed by atoms with Gasteiger partial charge in [-0.05, 0) is 29.5 Å².